The second-order valence-corrected chi connectivity index (χ2v) is 8.77. The number of carbonyl (C=O) groups is 1. The van der Waals surface area contributed by atoms with Gasteiger partial charge in [0.2, 0.25) is 0 Å². The Labute approximate surface area is 152 Å². The molecule has 0 unspecified atom stereocenters. The number of ether oxygens (including phenoxy) is 1. The predicted molar refractivity (Wildman–Crippen MR) is 102 cm³/mol. The first-order valence-corrected chi connectivity index (χ1v) is 10.2. The van der Waals surface area contributed by atoms with Gasteiger partial charge in [-0.1, -0.05) is 36.4 Å². The summed E-state index contributed by atoms with van der Waals surface area (Å²) in [5, 5.41) is 1.05. The van der Waals surface area contributed by atoms with Crippen LogP contribution in [0.1, 0.15) is 17.9 Å². The molecule has 4 rings (SSSR count). The van der Waals surface area contributed by atoms with E-state index in [1.54, 1.807) is 0 Å². The third-order valence-corrected chi connectivity index (χ3v) is 7.27. The number of esters is 1. The van der Waals surface area contributed by atoms with Crippen LogP contribution in [0.4, 0.5) is 5.82 Å². The van der Waals surface area contributed by atoms with Gasteiger partial charge in [0.15, 0.2) is 0 Å². The number of carbonyl (C=O) groups excluding carboxylic acids is 1. The maximum Gasteiger partial charge on any atom is 0.306 e. The van der Waals surface area contributed by atoms with Crippen molar-refractivity contribution in [1.29, 1.82) is 0 Å². The lowest BCUT2D eigenvalue weighted by Gasteiger charge is -2.24. The highest BCUT2D eigenvalue weighted by molar-refractivity contribution is 7.93. The van der Waals surface area contributed by atoms with E-state index in [-0.39, 0.29) is 18.3 Å². The fourth-order valence-electron chi connectivity index (χ4n) is 3.68. The van der Waals surface area contributed by atoms with Crippen molar-refractivity contribution >= 4 is 32.4 Å². The molecule has 2 aromatic carbocycles. The average molecular weight is 368 g/mol. The van der Waals surface area contributed by atoms with Crippen molar-refractivity contribution in [1.82, 2.24) is 4.57 Å². The highest BCUT2D eigenvalue weighted by Gasteiger charge is 2.34. The third kappa shape index (κ3) is 2.61. The number of methoxy groups -OCH3 is 1. The monoisotopic (exact) mass is 368 g/mol. The van der Waals surface area contributed by atoms with Gasteiger partial charge >= 0.3 is 5.97 Å². The van der Waals surface area contributed by atoms with E-state index in [2.05, 4.69) is 0 Å². The molecule has 1 aromatic heterocycles. The first-order chi connectivity index (χ1) is 12.5. The van der Waals surface area contributed by atoms with Crippen LogP contribution in [0, 0.1) is 0 Å². The molecule has 0 bridgehead atoms. The Morgan fingerprint density at radius 2 is 1.88 bits per heavy atom. The summed E-state index contributed by atoms with van der Waals surface area (Å²) in [6, 6.07) is 17.3. The number of hydrogen-bond acceptors (Lipinski definition) is 4. The van der Waals surface area contributed by atoms with Crippen LogP contribution in [0.3, 0.4) is 0 Å². The molecule has 0 saturated heterocycles. The minimum Gasteiger partial charge on any atom is -0.469 e. The van der Waals surface area contributed by atoms with E-state index < -0.39 is 9.73 Å². The van der Waals surface area contributed by atoms with Crippen LogP contribution >= 0.6 is 0 Å². The molecule has 1 aliphatic heterocycles. The molecule has 0 saturated carbocycles. The van der Waals surface area contributed by atoms with Crippen molar-refractivity contribution in [3.05, 3.63) is 60.2 Å². The van der Waals surface area contributed by atoms with Gasteiger partial charge < -0.3 is 9.30 Å². The summed E-state index contributed by atoms with van der Waals surface area (Å²) < 4.78 is 25.3. The van der Waals surface area contributed by atoms with Crippen molar-refractivity contribution in [3.63, 3.8) is 0 Å². The molecular weight excluding hydrogens is 348 g/mol. The number of aromatic nitrogens is 1. The summed E-state index contributed by atoms with van der Waals surface area (Å²) in [7, 11) is 0.651. The number of aryl methyl sites for hydroxylation is 1. The van der Waals surface area contributed by atoms with E-state index in [4.69, 9.17) is 9.10 Å². The van der Waals surface area contributed by atoms with Gasteiger partial charge in [-0.05, 0) is 18.2 Å². The number of benzene rings is 2. The van der Waals surface area contributed by atoms with Crippen molar-refractivity contribution in [2.24, 2.45) is 11.4 Å². The predicted octanol–water partition coefficient (Wildman–Crippen LogP) is 4.00. The zero-order valence-electron chi connectivity index (χ0n) is 14.7. The van der Waals surface area contributed by atoms with E-state index in [1.165, 1.54) is 7.11 Å². The molecule has 3 aromatic rings. The molecule has 2 atom stereocenters. The summed E-state index contributed by atoms with van der Waals surface area (Å²) >= 11 is 0. The van der Waals surface area contributed by atoms with Gasteiger partial charge in [0.05, 0.1) is 23.3 Å². The molecule has 0 spiro atoms. The van der Waals surface area contributed by atoms with E-state index in [0.29, 0.717) is 16.5 Å². The fraction of sp³-hybridized carbons (Fsp3) is 0.250. The highest BCUT2D eigenvalue weighted by Crippen LogP contribution is 2.44. The first-order valence-electron chi connectivity index (χ1n) is 8.47. The summed E-state index contributed by atoms with van der Waals surface area (Å²) in [5.74, 6) is 0.507. The summed E-state index contributed by atoms with van der Waals surface area (Å²) in [6.07, 6.45) is 0.191. The van der Waals surface area contributed by atoms with Gasteiger partial charge in [-0.15, -0.1) is 0 Å². The average Bonchev–Trinajstić information content (AvgIpc) is 2.95. The molecule has 0 aliphatic carbocycles. The standard InChI is InChI=1S/C20H20N2O3S/c1-22-17-11-7-6-10-16(17)19-14(12-18(23)25-2)13-26(24,21-20(19)22)15-8-4-3-5-9-15/h3-11,14H,12-13H2,1-2H3/t14-,26+/m0/s1. The van der Waals surface area contributed by atoms with Crippen LogP contribution in [-0.4, -0.2) is 27.6 Å². The molecule has 0 N–H and O–H groups in total. The SMILES string of the molecule is COC(=O)C[C@H]1C[S@@](=O)(c2ccccc2)=Nc2c1c1ccccc1n2C. The molecule has 2 heterocycles. The first kappa shape index (κ1) is 16.8. The van der Waals surface area contributed by atoms with Crippen molar-refractivity contribution in [2.45, 2.75) is 17.2 Å². The Morgan fingerprint density at radius 3 is 2.62 bits per heavy atom. The lowest BCUT2D eigenvalue weighted by Crippen LogP contribution is -2.21. The largest absolute Gasteiger partial charge is 0.469 e. The smallest absolute Gasteiger partial charge is 0.306 e. The molecule has 0 radical (unpaired) electrons. The van der Waals surface area contributed by atoms with Crippen molar-refractivity contribution in [2.75, 3.05) is 12.9 Å². The van der Waals surface area contributed by atoms with E-state index in [1.807, 2.05) is 66.2 Å². The minimum atomic E-state index is -2.66. The van der Waals surface area contributed by atoms with Crippen LogP contribution in [0.15, 0.2) is 63.9 Å². The Bertz CT molecular complexity index is 1110. The lowest BCUT2D eigenvalue weighted by atomic mass is 9.96. The number of rotatable bonds is 3. The van der Waals surface area contributed by atoms with Gasteiger partial charge in [-0.2, -0.15) is 4.36 Å². The maximum atomic E-state index is 13.7. The topological polar surface area (TPSA) is 60.7 Å². The molecule has 0 amide bonds. The maximum absolute atomic E-state index is 13.7. The second kappa shape index (κ2) is 6.29. The van der Waals surface area contributed by atoms with Crippen molar-refractivity contribution in [3.8, 4) is 0 Å². The highest BCUT2D eigenvalue weighted by atomic mass is 32.2. The van der Waals surface area contributed by atoms with Gasteiger partial charge in [-0.3, -0.25) is 4.79 Å². The normalized spacial score (nSPS) is 21.8. The number of para-hydroxylation sites is 1. The van der Waals surface area contributed by atoms with Gasteiger partial charge in [-0.25, -0.2) is 4.21 Å². The van der Waals surface area contributed by atoms with Gasteiger partial charge in [0.25, 0.3) is 0 Å². The van der Waals surface area contributed by atoms with Crippen LogP contribution < -0.4 is 0 Å². The molecule has 5 nitrogen and oxygen atoms in total. The van der Waals surface area contributed by atoms with Crippen LogP contribution in [0.25, 0.3) is 10.9 Å². The minimum absolute atomic E-state index is 0.191. The van der Waals surface area contributed by atoms with Crippen LogP contribution in [0.2, 0.25) is 0 Å². The Kier molecular flexibility index (Phi) is 4.07. The Hall–Kier alpha value is -2.60. The number of nitrogens with zero attached hydrogens (tertiary/aromatic N) is 2. The molecule has 1 aliphatic rings. The zero-order valence-corrected chi connectivity index (χ0v) is 15.5. The molecule has 134 valence electrons. The van der Waals surface area contributed by atoms with E-state index in [0.717, 1.165) is 16.5 Å². The van der Waals surface area contributed by atoms with Crippen molar-refractivity contribution < 1.29 is 13.7 Å². The number of hydrogen-bond donors (Lipinski definition) is 0. The lowest BCUT2D eigenvalue weighted by molar-refractivity contribution is -0.140. The van der Waals surface area contributed by atoms with E-state index >= 15 is 0 Å². The quantitative estimate of drug-likeness (QED) is 0.657. The summed E-state index contributed by atoms with van der Waals surface area (Å²) in [5.41, 5.74) is 2.01. The third-order valence-electron chi connectivity index (χ3n) is 4.94. The summed E-state index contributed by atoms with van der Waals surface area (Å²) in [6.45, 7) is 0. The second-order valence-electron chi connectivity index (χ2n) is 6.50. The Balaban J connectivity index is 1.99. The molecule has 26 heavy (non-hydrogen) atoms. The summed E-state index contributed by atoms with van der Waals surface area (Å²) in [4.78, 5) is 12.7. The number of fused-ring (bicyclic) bond motifs is 3. The van der Waals surface area contributed by atoms with Gasteiger partial charge in [0.1, 0.15) is 5.82 Å². The van der Waals surface area contributed by atoms with Crippen LogP contribution in [-0.2, 0) is 26.3 Å². The van der Waals surface area contributed by atoms with Crippen LogP contribution in [0.5, 0.6) is 0 Å². The molecule has 0 fully saturated rings. The fourth-order valence-corrected chi connectivity index (χ4v) is 5.97. The van der Waals surface area contributed by atoms with E-state index in [9.17, 15) is 9.00 Å². The molecular formula is C20H20N2O3S. The van der Waals surface area contributed by atoms with Gasteiger partial charge in [0, 0.05) is 40.1 Å². The Morgan fingerprint density at radius 1 is 1.19 bits per heavy atom. The zero-order chi connectivity index (χ0) is 18.3. The molecule has 6 heteroatoms.